The molecule has 1 fully saturated rings. The van der Waals surface area contributed by atoms with Crippen LogP contribution in [-0.4, -0.2) is 39.8 Å². The van der Waals surface area contributed by atoms with Gasteiger partial charge in [0.15, 0.2) is 0 Å². The summed E-state index contributed by atoms with van der Waals surface area (Å²) in [6.45, 7) is 2.17. The van der Waals surface area contributed by atoms with E-state index in [1.165, 1.54) is 20.0 Å². The van der Waals surface area contributed by atoms with E-state index in [1.807, 2.05) is 18.2 Å². The quantitative estimate of drug-likeness (QED) is 0.882. The topological polar surface area (TPSA) is 50.8 Å². The molecule has 0 unspecified atom stereocenters. The van der Waals surface area contributed by atoms with Crippen LogP contribution in [0.3, 0.4) is 0 Å². The second kappa shape index (κ2) is 6.43. The molecule has 0 aromatic heterocycles. The molecule has 1 heterocycles. The molecule has 5 heteroatoms. The monoisotopic (exact) mass is 264 g/mol. The summed E-state index contributed by atoms with van der Waals surface area (Å²) in [5.41, 5.74) is 1.81. The summed E-state index contributed by atoms with van der Waals surface area (Å²) in [6, 6.07) is 5.86. The third-order valence-electron chi connectivity index (χ3n) is 3.20. The summed E-state index contributed by atoms with van der Waals surface area (Å²) in [7, 11) is 3.09. The van der Waals surface area contributed by atoms with Crippen molar-refractivity contribution < 1.29 is 14.3 Å². The fourth-order valence-electron chi connectivity index (χ4n) is 2.28. The highest BCUT2D eigenvalue weighted by Crippen LogP contribution is 2.31. The third kappa shape index (κ3) is 3.38. The molecule has 1 saturated heterocycles. The van der Waals surface area contributed by atoms with Gasteiger partial charge in [0.05, 0.1) is 12.8 Å². The fraction of sp³-hybridized carbons (Fsp3) is 0.500. The third-order valence-corrected chi connectivity index (χ3v) is 3.20. The van der Waals surface area contributed by atoms with Gasteiger partial charge in [-0.25, -0.2) is 0 Å². The van der Waals surface area contributed by atoms with Crippen LogP contribution in [0.4, 0.5) is 11.4 Å². The lowest BCUT2D eigenvalue weighted by Crippen LogP contribution is -2.20. The summed E-state index contributed by atoms with van der Waals surface area (Å²) >= 11 is 0. The molecule has 1 aromatic rings. The van der Waals surface area contributed by atoms with E-state index < -0.39 is 0 Å². The fourth-order valence-corrected chi connectivity index (χ4v) is 2.28. The smallest absolute Gasteiger partial charge is 0.250 e. The van der Waals surface area contributed by atoms with Crippen LogP contribution in [0.2, 0.25) is 0 Å². The van der Waals surface area contributed by atoms with Crippen LogP contribution >= 0.6 is 0 Å². The van der Waals surface area contributed by atoms with Crippen molar-refractivity contribution in [2.24, 2.45) is 0 Å². The molecule has 0 atom stereocenters. The van der Waals surface area contributed by atoms with Crippen molar-refractivity contribution in [3.63, 3.8) is 0 Å². The van der Waals surface area contributed by atoms with Gasteiger partial charge in [-0.05, 0) is 31.0 Å². The molecular weight excluding hydrogens is 244 g/mol. The number of ether oxygens (including phenoxy) is 2. The first kappa shape index (κ1) is 13.7. The molecule has 0 saturated carbocycles. The van der Waals surface area contributed by atoms with Crippen molar-refractivity contribution in [1.29, 1.82) is 0 Å². The Morgan fingerprint density at radius 3 is 2.68 bits per heavy atom. The number of hydrogen-bond acceptors (Lipinski definition) is 4. The Labute approximate surface area is 113 Å². The average molecular weight is 264 g/mol. The zero-order chi connectivity index (χ0) is 13.7. The van der Waals surface area contributed by atoms with Crippen molar-refractivity contribution in [2.45, 2.75) is 12.8 Å². The number of amides is 1. The molecule has 0 aliphatic carbocycles. The molecule has 19 heavy (non-hydrogen) atoms. The van der Waals surface area contributed by atoms with Crippen LogP contribution in [0.25, 0.3) is 0 Å². The van der Waals surface area contributed by atoms with Gasteiger partial charge in [-0.15, -0.1) is 0 Å². The normalized spacial score (nSPS) is 14.5. The molecule has 1 aliphatic rings. The summed E-state index contributed by atoms with van der Waals surface area (Å²) in [4.78, 5) is 13.9. The van der Waals surface area contributed by atoms with Crippen LogP contribution in [-0.2, 0) is 9.53 Å². The van der Waals surface area contributed by atoms with Crippen LogP contribution in [0.1, 0.15) is 12.8 Å². The van der Waals surface area contributed by atoms with E-state index in [-0.39, 0.29) is 12.5 Å². The number of benzene rings is 1. The van der Waals surface area contributed by atoms with Gasteiger partial charge in [0.1, 0.15) is 12.4 Å². The van der Waals surface area contributed by atoms with Crippen molar-refractivity contribution in [1.82, 2.24) is 0 Å². The maximum Gasteiger partial charge on any atom is 0.250 e. The summed E-state index contributed by atoms with van der Waals surface area (Å²) in [5, 5.41) is 2.81. The highest BCUT2D eigenvalue weighted by Gasteiger charge is 2.15. The molecule has 5 nitrogen and oxygen atoms in total. The molecule has 0 bridgehead atoms. The second-order valence-corrected chi connectivity index (χ2v) is 4.56. The Bertz CT molecular complexity index is 442. The number of carbonyl (C=O) groups excluding carboxylic acids is 1. The maximum atomic E-state index is 11.6. The van der Waals surface area contributed by atoms with E-state index in [2.05, 4.69) is 10.2 Å². The van der Waals surface area contributed by atoms with Crippen LogP contribution in [0, 0.1) is 0 Å². The lowest BCUT2D eigenvalue weighted by molar-refractivity contribution is -0.119. The number of carbonyl (C=O) groups is 1. The summed E-state index contributed by atoms with van der Waals surface area (Å²) in [5.74, 6) is 0.478. The first-order chi connectivity index (χ1) is 9.24. The number of rotatable bonds is 5. The Balaban J connectivity index is 2.18. The highest BCUT2D eigenvalue weighted by atomic mass is 16.5. The van der Waals surface area contributed by atoms with Gasteiger partial charge < -0.3 is 19.7 Å². The molecule has 2 rings (SSSR count). The van der Waals surface area contributed by atoms with E-state index in [9.17, 15) is 4.79 Å². The van der Waals surface area contributed by atoms with Gasteiger partial charge >= 0.3 is 0 Å². The van der Waals surface area contributed by atoms with E-state index in [0.717, 1.165) is 18.8 Å². The number of anilines is 2. The Hall–Kier alpha value is -1.75. The number of hydrogen-bond donors (Lipinski definition) is 1. The Morgan fingerprint density at radius 2 is 2.05 bits per heavy atom. The second-order valence-electron chi connectivity index (χ2n) is 4.56. The van der Waals surface area contributed by atoms with Crippen molar-refractivity contribution >= 4 is 17.3 Å². The van der Waals surface area contributed by atoms with Gasteiger partial charge in [0.2, 0.25) is 5.91 Å². The zero-order valence-corrected chi connectivity index (χ0v) is 11.4. The van der Waals surface area contributed by atoms with Gasteiger partial charge in [-0.1, -0.05) is 0 Å². The summed E-state index contributed by atoms with van der Waals surface area (Å²) in [6.07, 6.45) is 2.44. The first-order valence-electron chi connectivity index (χ1n) is 6.46. The molecule has 104 valence electrons. The van der Waals surface area contributed by atoms with Gasteiger partial charge in [-0.3, -0.25) is 4.79 Å². The van der Waals surface area contributed by atoms with Gasteiger partial charge in [0.25, 0.3) is 0 Å². The van der Waals surface area contributed by atoms with E-state index in [4.69, 9.17) is 9.47 Å². The molecule has 1 amide bonds. The van der Waals surface area contributed by atoms with E-state index >= 15 is 0 Å². The van der Waals surface area contributed by atoms with Crippen molar-refractivity contribution in [3.05, 3.63) is 18.2 Å². The average Bonchev–Trinajstić information content (AvgIpc) is 2.93. The lowest BCUT2D eigenvalue weighted by atomic mass is 10.2. The van der Waals surface area contributed by atoms with Gasteiger partial charge in [0, 0.05) is 25.9 Å². The van der Waals surface area contributed by atoms with Crippen LogP contribution < -0.4 is 15.0 Å². The zero-order valence-electron chi connectivity index (χ0n) is 11.4. The van der Waals surface area contributed by atoms with Crippen LogP contribution in [0.5, 0.6) is 5.75 Å². The Kier molecular flexibility index (Phi) is 4.63. The molecule has 1 aromatic carbocycles. The predicted molar refractivity (Wildman–Crippen MR) is 74.9 cm³/mol. The molecule has 0 spiro atoms. The highest BCUT2D eigenvalue weighted by molar-refractivity contribution is 5.93. The van der Waals surface area contributed by atoms with E-state index in [0.29, 0.717) is 11.4 Å². The van der Waals surface area contributed by atoms with Crippen molar-refractivity contribution in [2.75, 3.05) is 44.1 Å². The SMILES string of the molecule is COCC(=O)Nc1cc(N2CCCC2)ccc1OC. The van der Waals surface area contributed by atoms with Gasteiger partial charge in [-0.2, -0.15) is 0 Å². The lowest BCUT2D eigenvalue weighted by Gasteiger charge is -2.20. The molecule has 1 N–H and O–H groups in total. The maximum absolute atomic E-state index is 11.6. The molecule has 0 radical (unpaired) electrons. The number of methoxy groups -OCH3 is 2. The largest absolute Gasteiger partial charge is 0.495 e. The number of nitrogens with zero attached hydrogens (tertiary/aromatic N) is 1. The minimum Gasteiger partial charge on any atom is -0.495 e. The van der Waals surface area contributed by atoms with E-state index in [1.54, 1.807) is 7.11 Å². The minimum absolute atomic E-state index is 0.0388. The van der Waals surface area contributed by atoms with Crippen LogP contribution in [0.15, 0.2) is 18.2 Å². The minimum atomic E-state index is -0.181. The molecule has 1 aliphatic heterocycles. The first-order valence-corrected chi connectivity index (χ1v) is 6.46. The molecular formula is C14H20N2O3. The Morgan fingerprint density at radius 1 is 1.32 bits per heavy atom. The summed E-state index contributed by atoms with van der Waals surface area (Å²) < 4.78 is 10.1. The predicted octanol–water partition coefficient (Wildman–Crippen LogP) is 1.88. The number of nitrogens with one attached hydrogen (secondary N) is 1. The van der Waals surface area contributed by atoms with Crippen molar-refractivity contribution in [3.8, 4) is 5.75 Å². The standard InChI is InChI=1S/C14H20N2O3/c1-18-10-14(17)15-12-9-11(5-6-13(12)19-2)16-7-3-4-8-16/h5-6,9H,3-4,7-8,10H2,1-2H3,(H,15,17).